The van der Waals surface area contributed by atoms with Crippen molar-refractivity contribution >= 4 is 5.78 Å². The van der Waals surface area contributed by atoms with Crippen LogP contribution >= 0.6 is 0 Å². The van der Waals surface area contributed by atoms with Crippen LogP contribution < -0.4 is 11.2 Å². The van der Waals surface area contributed by atoms with Crippen molar-refractivity contribution < 1.29 is 31.1 Å². The van der Waals surface area contributed by atoms with Crippen LogP contribution in [0, 0.1) is 0 Å². The Morgan fingerprint density at radius 1 is 0.971 bits per heavy atom. The molecule has 0 amide bonds. The number of alkyl halides is 6. The highest BCUT2D eigenvalue weighted by atomic mass is 19.4. The number of carbonyl (C=O) groups is 1. The molecule has 0 saturated carbocycles. The van der Waals surface area contributed by atoms with Gasteiger partial charge in [0, 0.05) is 23.5 Å². The molecule has 6 nitrogen and oxygen atoms in total. The number of H-pyrrole nitrogens is 1. The van der Waals surface area contributed by atoms with Gasteiger partial charge in [0.2, 0.25) is 5.78 Å². The highest BCUT2D eigenvalue weighted by Gasteiger charge is 2.38. The van der Waals surface area contributed by atoms with E-state index in [0.717, 1.165) is 4.57 Å². The van der Waals surface area contributed by atoms with Crippen LogP contribution in [-0.4, -0.2) is 20.3 Å². The van der Waals surface area contributed by atoms with Crippen molar-refractivity contribution in [1.29, 1.82) is 0 Å². The van der Waals surface area contributed by atoms with Crippen molar-refractivity contribution in [3.8, 4) is 0 Å². The van der Waals surface area contributed by atoms with E-state index in [0.29, 0.717) is 5.56 Å². The Labute approximate surface area is 187 Å². The summed E-state index contributed by atoms with van der Waals surface area (Å²) in [7, 11) is 0. The third kappa shape index (κ3) is 5.10. The summed E-state index contributed by atoms with van der Waals surface area (Å²) >= 11 is 0. The zero-order valence-electron chi connectivity index (χ0n) is 17.7. The maximum Gasteiger partial charge on any atom is 0.416 e. The Morgan fingerprint density at radius 3 is 1.97 bits per heavy atom. The van der Waals surface area contributed by atoms with Gasteiger partial charge in [-0.05, 0) is 41.8 Å². The molecule has 12 heteroatoms. The molecule has 0 spiro atoms. The van der Waals surface area contributed by atoms with Crippen molar-refractivity contribution in [2.24, 2.45) is 0 Å². The molecule has 0 unspecified atom stereocenters. The topological polar surface area (TPSA) is 84.8 Å². The molecule has 0 saturated heterocycles. The van der Waals surface area contributed by atoms with Gasteiger partial charge in [0.05, 0.1) is 17.7 Å². The molecule has 0 bridgehead atoms. The SMILES string of the molecule is CC(C)c1c(C(=O)c2cc(C(F)(F)F)cc(C(F)(F)F)c2)n(Cc2ccncc2)c(=O)[nH]c1=O. The van der Waals surface area contributed by atoms with Gasteiger partial charge >= 0.3 is 18.0 Å². The maximum absolute atomic E-state index is 13.4. The highest BCUT2D eigenvalue weighted by molar-refractivity contribution is 6.09. The summed E-state index contributed by atoms with van der Waals surface area (Å²) in [5.74, 6) is -2.02. The average Bonchev–Trinajstić information content (AvgIpc) is 2.73. The zero-order valence-corrected chi connectivity index (χ0v) is 17.7. The van der Waals surface area contributed by atoms with E-state index in [4.69, 9.17) is 0 Å². The number of hydrogen-bond acceptors (Lipinski definition) is 4. The number of pyridine rings is 1. The molecule has 180 valence electrons. The number of nitrogens with zero attached hydrogens (tertiary/aromatic N) is 2. The van der Waals surface area contributed by atoms with Crippen LogP contribution in [0.5, 0.6) is 0 Å². The maximum atomic E-state index is 13.4. The quantitative estimate of drug-likeness (QED) is 0.430. The van der Waals surface area contributed by atoms with Crippen LogP contribution in [0.15, 0.2) is 52.3 Å². The van der Waals surface area contributed by atoms with Crippen molar-refractivity contribution in [2.75, 3.05) is 0 Å². The van der Waals surface area contributed by atoms with Gasteiger partial charge in [-0.2, -0.15) is 26.3 Å². The van der Waals surface area contributed by atoms with Gasteiger partial charge in [-0.1, -0.05) is 13.8 Å². The normalized spacial score (nSPS) is 12.3. The molecule has 2 heterocycles. The second kappa shape index (κ2) is 8.92. The van der Waals surface area contributed by atoms with E-state index in [1.807, 2.05) is 0 Å². The minimum atomic E-state index is -5.18. The number of benzene rings is 1. The number of rotatable bonds is 5. The third-order valence-electron chi connectivity index (χ3n) is 4.97. The summed E-state index contributed by atoms with van der Waals surface area (Å²) in [5.41, 5.74) is -6.73. The lowest BCUT2D eigenvalue weighted by Crippen LogP contribution is -2.38. The van der Waals surface area contributed by atoms with Crippen molar-refractivity contribution in [1.82, 2.24) is 14.5 Å². The van der Waals surface area contributed by atoms with Crippen LogP contribution in [0.25, 0.3) is 0 Å². The summed E-state index contributed by atoms with van der Waals surface area (Å²) in [5, 5.41) is 0. The zero-order chi connectivity index (χ0) is 25.4. The van der Waals surface area contributed by atoms with Gasteiger partial charge in [0.15, 0.2) is 0 Å². The first kappa shape index (κ1) is 24.9. The predicted octanol–water partition coefficient (Wildman–Crippen LogP) is 4.37. The first-order chi connectivity index (χ1) is 15.7. The van der Waals surface area contributed by atoms with Gasteiger partial charge in [-0.15, -0.1) is 0 Å². The van der Waals surface area contributed by atoms with Gasteiger partial charge in [-0.25, -0.2) is 4.79 Å². The minimum Gasteiger partial charge on any atom is -0.287 e. The molecule has 0 aliphatic heterocycles. The van der Waals surface area contributed by atoms with E-state index >= 15 is 0 Å². The average molecular weight is 485 g/mol. The predicted molar refractivity (Wildman–Crippen MR) is 109 cm³/mol. The lowest BCUT2D eigenvalue weighted by Gasteiger charge is -2.19. The van der Waals surface area contributed by atoms with Crippen molar-refractivity contribution in [2.45, 2.75) is 38.7 Å². The van der Waals surface area contributed by atoms with Crippen LogP contribution in [0.1, 0.15) is 58.1 Å². The Morgan fingerprint density at radius 2 is 1.50 bits per heavy atom. The molecular formula is C22H17F6N3O3. The van der Waals surface area contributed by atoms with Gasteiger partial charge in [0.1, 0.15) is 5.69 Å². The van der Waals surface area contributed by atoms with Crippen molar-refractivity contribution in [3.63, 3.8) is 0 Å². The van der Waals surface area contributed by atoms with Gasteiger partial charge in [-0.3, -0.25) is 24.1 Å². The first-order valence-electron chi connectivity index (χ1n) is 9.80. The second-order valence-electron chi connectivity index (χ2n) is 7.74. The monoisotopic (exact) mass is 485 g/mol. The number of aromatic nitrogens is 3. The molecule has 0 fully saturated rings. The lowest BCUT2D eigenvalue weighted by atomic mass is 9.94. The summed E-state index contributed by atoms with van der Waals surface area (Å²) in [6.45, 7) is 2.70. The fourth-order valence-electron chi connectivity index (χ4n) is 3.41. The van der Waals surface area contributed by atoms with E-state index in [2.05, 4.69) is 9.97 Å². The second-order valence-corrected chi connectivity index (χ2v) is 7.74. The Hall–Kier alpha value is -3.70. The van der Waals surface area contributed by atoms with Crippen molar-refractivity contribution in [3.05, 3.63) is 97.1 Å². The number of halogens is 6. The van der Waals surface area contributed by atoms with E-state index in [1.165, 1.54) is 38.4 Å². The number of ketones is 1. The fraction of sp³-hybridized carbons (Fsp3) is 0.273. The summed E-state index contributed by atoms with van der Waals surface area (Å²) in [6, 6.07) is 3.41. The molecule has 1 N–H and O–H groups in total. The highest BCUT2D eigenvalue weighted by Crippen LogP contribution is 2.37. The summed E-state index contributed by atoms with van der Waals surface area (Å²) in [4.78, 5) is 44.4. The van der Waals surface area contributed by atoms with E-state index in [-0.39, 0.29) is 30.3 Å². The van der Waals surface area contributed by atoms with Gasteiger partial charge < -0.3 is 0 Å². The van der Waals surface area contributed by atoms with E-state index < -0.39 is 57.7 Å². The number of carbonyl (C=O) groups excluding carboxylic acids is 1. The van der Waals surface area contributed by atoms with Crippen LogP contribution in [0.2, 0.25) is 0 Å². The van der Waals surface area contributed by atoms with E-state index in [9.17, 15) is 40.7 Å². The third-order valence-corrected chi connectivity index (χ3v) is 4.97. The van der Waals surface area contributed by atoms with Crippen LogP contribution in [-0.2, 0) is 18.9 Å². The molecule has 0 aliphatic carbocycles. The lowest BCUT2D eigenvalue weighted by molar-refractivity contribution is -0.143. The van der Waals surface area contributed by atoms with Crippen LogP contribution in [0.4, 0.5) is 26.3 Å². The standard InChI is InChI=1S/C22H17F6N3O3/c1-11(2)16-17(31(20(34)30-19(16)33)10-12-3-5-29-6-4-12)18(32)13-7-14(21(23,24)25)9-15(8-13)22(26,27)28/h3-9,11H,10H2,1-2H3,(H,30,33,34). The Balaban J connectivity index is 2.33. The van der Waals surface area contributed by atoms with E-state index in [1.54, 1.807) is 0 Å². The largest absolute Gasteiger partial charge is 0.416 e. The molecule has 2 aromatic heterocycles. The summed E-state index contributed by atoms with van der Waals surface area (Å²) in [6.07, 6.45) is -7.58. The molecule has 34 heavy (non-hydrogen) atoms. The number of hydrogen-bond donors (Lipinski definition) is 1. The molecule has 0 atom stereocenters. The van der Waals surface area contributed by atoms with Crippen LogP contribution in [0.3, 0.4) is 0 Å². The molecule has 1 aromatic carbocycles. The molecule has 3 aromatic rings. The number of nitrogens with one attached hydrogen (secondary N) is 1. The van der Waals surface area contributed by atoms with Gasteiger partial charge in [0.25, 0.3) is 5.56 Å². The molecule has 3 rings (SSSR count). The molecule has 0 radical (unpaired) electrons. The fourth-order valence-corrected chi connectivity index (χ4v) is 3.41. The molecule has 0 aliphatic rings. The molecular weight excluding hydrogens is 468 g/mol. The number of aromatic amines is 1. The first-order valence-corrected chi connectivity index (χ1v) is 9.80. The Bertz CT molecular complexity index is 1310. The summed E-state index contributed by atoms with van der Waals surface area (Å²) < 4.78 is 80.7. The smallest absolute Gasteiger partial charge is 0.287 e. The minimum absolute atomic E-state index is 0.109. The Kier molecular flexibility index (Phi) is 6.54.